The molecule has 0 aromatic heterocycles. The molecule has 0 radical (unpaired) electrons. The van der Waals surface area contributed by atoms with Gasteiger partial charge in [0.1, 0.15) is 0 Å². The highest BCUT2D eigenvalue weighted by molar-refractivity contribution is 7.93. The Labute approximate surface area is 107 Å². The molecule has 5 heteroatoms. The van der Waals surface area contributed by atoms with Gasteiger partial charge in [0.05, 0.1) is 18.0 Å². The van der Waals surface area contributed by atoms with E-state index in [1.807, 2.05) is 6.07 Å². The molecular weight excluding hydrogens is 250 g/mol. The Bertz CT molecular complexity index is 584. The summed E-state index contributed by atoms with van der Waals surface area (Å²) in [5, 5.41) is 8.70. The second kappa shape index (κ2) is 5.42. The third kappa shape index (κ3) is 2.66. The molecule has 0 bridgehead atoms. The van der Waals surface area contributed by atoms with E-state index in [1.165, 1.54) is 4.31 Å². The lowest BCUT2D eigenvalue weighted by molar-refractivity contribution is 0.305. The fourth-order valence-electron chi connectivity index (χ4n) is 1.92. The minimum Gasteiger partial charge on any atom is -0.395 e. The molecule has 0 aliphatic carbocycles. The van der Waals surface area contributed by atoms with E-state index in [0.29, 0.717) is 30.6 Å². The predicted octanol–water partition coefficient (Wildman–Crippen LogP) is 0.960. The number of hydrogen-bond donors (Lipinski definition) is 1. The number of aliphatic hydroxyl groups excluding tert-OH is 1. The first-order valence-corrected chi connectivity index (χ1v) is 7.45. The second-order valence-corrected chi connectivity index (χ2v) is 6.05. The van der Waals surface area contributed by atoms with E-state index in [9.17, 15) is 8.42 Å². The number of sulfonamides is 1. The lowest BCUT2D eigenvalue weighted by Gasteiger charge is -2.18. The smallest absolute Gasteiger partial charge is 0.235 e. The predicted molar refractivity (Wildman–Crippen MR) is 70.8 cm³/mol. The molecule has 1 aromatic rings. The first-order valence-electron chi connectivity index (χ1n) is 5.84. The summed E-state index contributed by atoms with van der Waals surface area (Å²) < 4.78 is 25.2. The molecule has 1 aliphatic rings. The van der Waals surface area contributed by atoms with Crippen LogP contribution in [-0.2, 0) is 10.0 Å². The Balaban J connectivity index is 2.37. The Kier molecular flexibility index (Phi) is 3.90. The largest absolute Gasteiger partial charge is 0.395 e. The van der Waals surface area contributed by atoms with Crippen molar-refractivity contribution in [2.24, 2.45) is 0 Å². The summed E-state index contributed by atoms with van der Waals surface area (Å²) in [6.07, 6.45) is 1.04. The normalized spacial score (nSPS) is 17.3. The highest BCUT2D eigenvalue weighted by Gasteiger charge is 2.29. The summed E-state index contributed by atoms with van der Waals surface area (Å²) in [5.41, 5.74) is 1.33. The van der Waals surface area contributed by atoms with E-state index in [1.54, 1.807) is 18.2 Å². The van der Waals surface area contributed by atoms with Crippen molar-refractivity contribution in [2.75, 3.05) is 23.2 Å². The van der Waals surface area contributed by atoms with Gasteiger partial charge in [-0.05, 0) is 18.6 Å². The molecule has 96 valence electrons. The molecule has 1 aromatic carbocycles. The van der Waals surface area contributed by atoms with Crippen LogP contribution in [0.4, 0.5) is 5.69 Å². The monoisotopic (exact) mass is 265 g/mol. The number of hydrogen-bond acceptors (Lipinski definition) is 3. The van der Waals surface area contributed by atoms with Gasteiger partial charge in [-0.1, -0.05) is 24.0 Å². The Hall–Kier alpha value is -1.51. The third-order valence-corrected chi connectivity index (χ3v) is 4.59. The molecule has 0 spiro atoms. The molecule has 1 heterocycles. The molecule has 18 heavy (non-hydrogen) atoms. The maximum Gasteiger partial charge on any atom is 0.235 e. The van der Waals surface area contributed by atoms with Crippen LogP contribution in [0.2, 0.25) is 0 Å². The van der Waals surface area contributed by atoms with Crippen LogP contribution in [0.15, 0.2) is 24.3 Å². The topological polar surface area (TPSA) is 57.6 Å². The molecule has 0 amide bonds. The van der Waals surface area contributed by atoms with Crippen molar-refractivity contribution in [1.29, 1.82) is 0 Å². The zero-order valence-electron chi connectivity index (χ0n) is 9.96. The highest BCUT2D eigenvalue weighted by Crippen LogP contribution is 2.26. The molecule has 1 N–H and O–H groups in total. The molecule has 1 aliphatic heterocycles. The fraction of sp³-hybridized carbons (Fsp3) is 0.385. The first kappa shape index (κ1) is 12.9. The number of anilines is 1. The molecule has 2 rings (SSSR count). The molecular formula is C13H15NO3S. The Morgan fingerprint density at radius 3 is 2.78 bits per heavy atom. The molecule has 4 nitrogen and oxygen atoms in total. The van der Waals surface area contributed by atoms with Crippen molar-refractivity contribution in [3.8, 4) is 11.8 Å². The van der Waals surface area contributed by atoms with Gasteiger partial charge in [0, 0.05) is 18.5 Å². The summed E-state index contributed by atoms with van der Waals surface area (Å²) >= 11 is 0. The zero-order valence-corrected chi connectivity index (χ0v) is 10.8. The number of benzene rings is 1. The van der Waals surface area contributed by atoms with E-state index in [-0.39, 0.29) is 12.4 Å². The van der Waals surface area contributed by atoms with E-state index in [4.69, 9.17) is 5.11 Å². The highest BCUT2D eigenvalue weighted by atomic mass is 32.2. The van der Waals surface area contributed by atoms with Gasteiger partial charge in [-0.25, -0.2) is 8.42 Å². The van der Waals surface area contributed by atoms with Gasteiger partial charge in [0.25, 0.3) is 0 Å². The minimum absolute atomic E-state index is 0.0111. The van der Waals surface area contributed by atoms with E-state index in [0.717, 1.165) is 0 Å². The lowest BCUT2D eigenvalue weighted by Crippen LogP contribution is -2.25. The maximum absolute atomic E-state index is 11.9. The average Bonchev–Trinajstić information content (AvgIpc) is 2.70. The van der Waals surface area contributed by atoms with Crippen LogP contribution >= 0.6 is 0 Å². The van der Waals surface area contributed by atoms with Crippen molar-refractivity contribution in [3.05, 3.63) is 29.8 Å². The van der Waals surface area contributed by atoms with E-state index in [2.05, 4.69) is 11.8 Å². The third-order valence-electron chi connectivity index (χ3n) is 2.73. The molecule has 0 unspecified atom stereocenters. The Morgan fingerprint density at radius 2 is 2.11 bits per heavy atom. The van der Waals surface area contributed by atoms with Gasteiger partial charge in [-0.2, -0.15) is 0 Å². The van der Waals surface area contributed by atoms with E-state index < -0.39 is 10.0 Å². The van der Waals surface area contributed by atoms with E-state index >= 15 is 0 Å². The van der Waals surface area contributed by atoms with Crippen LogP contribution in [0.5, 0.6) is 0 Å². The number of para-hydroxylation sites is 1. The van der Waals surface area contributed by atoms with Crippen molar-refractivity contribution in [3.63, 3.8) is 0 Å². The van der Waals surface area contributed by atoms with Gasteiger partial charge in [-0.3, -0.25) is 4.31 Å². The van der Waals surface area contributed by atoms with Crippen molar-refractivity contribution >= 4 is 15.7 Å². The number of nitrogens with zero attached hydrogens (tertiary/aromatic N) is 1. The molecule has 0 atom stereocenters. The quantitative estimate of drug-likeness (QED) is 0.810. The van der Waals surface area contributed by atoms with Crippen molar-refractivity contribution < 1.29 is 13.5 Å². The second-order valence-electron chi connectivity index (χ2n) is 4.03. The van der Waals surface area contributed by atoms with Crippen LogP contribution in [0, 0.1) is 11.8 Å². The standard InChI is InChI=1S/C13H15NO3S/c15-10-4-3-7-12-6-1-2-8-13(12)14-9-5-11-18(14,16)17/h1-2,6,8,15H,4-5,9-11H2. The average molecular weight is 265 g/mol. The fourth-order valence-corrected chi connectivity index (χ4v) is 3.50. The zero-order chi connectivity index (χ0) is 13.0. The number of aliphatic hydroxyl groups is 1. The van der Waals surface area contributed by atoms with Gasteiger partial charge in [-0.15, -0.1) is 0 Å². The summed E-state index contributed by atoms with van der Waals surface area (Å²) in [4.78, 5) is 0. The SMILES string of the molecule is O=S1(=O)CCCN1c1ccccc1C#CCCO. The van der Waals surface area contributed by atoms with Crippen molar-refractivity contribution in [1.82, 2.24) is 0 Å². The lowest BCUT2D eigenvalue weighted by atomic mass is 10.1. The summed E-state index contributed by atoms with van der Waals surface area (Å²) in [6, 6.07) is 7.20. The summed E-state index contributed by atoms with van der Waals surface area (Å²) in [5.74, 6) is 5.93. The van der Waals surface area contributed by atoms with Crippen LogP contribution in [0.1, 0.15) is 18.4 Å². The number of rotatable bonds is 2. The van der Waals surface area contributed by atoms with Gasteiger partial charge >= 0.3 is 0 Å². The molecule has 1 fully saturated rings. The minimum atomic E-state index is -3.18. The van der Waals surface area contributed by atoms with Crippen LogP contribution in [0.3, 0.4) is 0 Å². The molecule has 0 saturated carbocycles. The van der Waals surface area contributed by atoms with Gasteiger partial charge < -0.3 is 5.11 Å². The summed E-state index contributed by atoms with van der Waals surface area (Å²) in [6.45, 7) is 0.526. The van der Waals surface area contributed by atoms with Crippen LogP contribution in [-0.4, -0.2) is 32.4 Å². The van der Waals surface area contributed by atoms with Gasteiger partial charge in [0.2, 0.25) is 10.0 Å². The van der Waals surface area contributed by atoms with Crippen molar-refractivity contribution in [2.45, 2.75) is 12.8 Å². The van der Waals surface area contributed by atoms with Gasteiger partial charge in [0.15, 0.2) is 0 Å². The Morgan fingerprint density at radius 1 is 1.33 bits per heavy atom. The van der Waals surface area contributed by atoms with Crippen LogP contribution in [0.25, 0.3) is 0 Å². The first-order chi connectivity index (χ1) is 8.65. The summed E-state index contributed by atoms with van der Waals surface area (Å²) in [7, 11) is -3.18. The molecule has 1 saturated heterocycles. The van der Waals surface area contributed by atoms with Crippen LogP contribution < -0.4 is 4.31 Å². The maximum atomic E-state index is 11.9.